The van der Waals surface area contributed by atoms with Crippen LogP contribution in [0.1, 0.15) is 36.2 Å². The van der Waals surface area contributed by atoms with Crippen LogP contribution in [0.2, 0.25) is 5.02 Å². The van der Waals surface area contributed by atoms with E-state index in [1.807, 2.05) is 13.8 Å². The summed E-state index contributed by atoms with van der Waals surface area (Å²) in [7, 11) is -3.32. The second-order valence-corrected chi connectivity index (χ2v) is 7.40. The minimum atomic E-state index is -3.32. The van der Waals surface area contributed by atoms with E-state index in [-0.39, 0.29) is 21.1 Å². The van der Waals surface area contributed by atoms with Gasteiger partial charge in [0.2, 0.25) is 0 Å². The molecule has 0 saturated heterocycles. The fourth-order valence-electron chi connectivity index (χ4n) is 2.13. The molecule has 0 radical (unpaired) electrons. The lowest BCUT2D eigenvalue weighted by Crippen LogP contribution is -2.30. The van der Waals surface area contributed by atoms with Crippen molar-refractivity contribution in [2.45, 2.75) is 30.6 Å². The number of aldehydes is 1. The molecule has 2 rings (SSSR count). The van der Waals surface area contributed by atoms with Crippen molar-refractivity contribution < 1.29 is 13.2 Å². The van der Waals surface area contributed by atoms with E-state index in [0.29, 0.717) is 23.8 Å². The predicted octanol–water partition coefficient (Wildman–Crippen LogP) is 2.61. The molecule has 1 aliphatic heterocycles. The number of hydrogen-bond acceptors (Lipinski definition) is 3. The summed E-state index contributed by atoms with van der Waals surface area (Å²) in [6.45, 7) is 3.93. The van der Waals surface area contributed by atoms with E-state index in [0.717, 1.165) is 0 Å². The average molecular weight is 273 g/mol. The maximum absolute atomic E-state index is 12.0. The monoisotopic (exact) mass is 272 g/mol. The van der Waals surface area contributed by atoms with Crippen LogP contribution in [0.25, 0.3) is 0 Å². The third kappa shape index (κ3) is 2.00. The molecule has 0 fully saturated rings. The van der Waals surface area contributed by atoms with Crippen molar-refractivity contribution in [3.05, 3.63) is 28.3 Å². The topological polar surface area (TPSA) is 51.2 Å². The third-order valence-corrected chi connectivity index (χ3v) is 5.45. The first kappa shape index (κ1) is 12.6. The lowest BCUT2D eigenvalue weighted by atomic mass is 9.81. The van der Waals surface area contributed by atoms with Gasteiger partial charge in [-0.05, 0) is 29.5 Å². The Kier molecular flexibility index (Phi) is 2.83. The van der Waals surface area contributed by atoms with E-state index >= 15 is 0 Å². The molecule has 1 aromatic carbocycles. The van der Waals surface area contributed by atoms with E-state index in [4.69, 9.17) is 11.6 Å². The smallest absolute Gasteiger partial charge is 0.180 e. The summed E-state index contributed by atoms with van der Waals surface area (Å²) in [6.07, 6.45) is 1.23. The molecule has 5 heteroatoms. The van der Waals surface area contributed by atoms with Gasteiger partial charge in [-0.25, -0.2) is 8.42 Å². The Morgan fingerprint density at radius 2 is 2.00 bits per heavy atom. The molecule has 17 heavy (non-hydrogen) atoms. The zero-order valence-electron chi connectivity index (χ0n) is 9.66. The fraction of sp³-hybridized carbons (Fsp3) is 0.417. The zero-order valence-corrected chi connectivity index (χ0v) is 11.2. The van der Waals surface area contributed by atoms with Crippen molar-refractivity contribution in [1.82, 2.24) is 0 Å². The maximum Gasteiger partial charge on any atom is 0.180 e. The van der Waals surface area contributed by atoms with Gasteiger partial charge in [-0.2, -0.15) is 0 Å². The van der Waals surface area contributed by atoms with Crippen LogP contribution in [-0.4, -0.2) is 20.5 Å². The Balaban J connectivity index is 2.85. The van der Waals surface area contributed by atoms with Crippen molar-refractivity contribution >= 4 is 27.7 Å². The van der Waals surface area contributed by atoms with Crippen LogP contribution in [0.4, 0.5) is 0 Å². The minimum Gasteiger partial charge on any atom is -0.298 e. The summed E-state index contributed by atoms with van der Waals surface area (Å²) < 4.78 is 24.0. The van der Waals surface area contributed by atoms with Crippen LogP contribution >= 0.6 is 11.6 Å². The number of hydrogen-bond donors (Lipinski definition) is 0. The second kappa shape index (κ2) is 3.82. The minimum absolute atomic E-state index is 0.104. The van der Waals surface area contributed by atoms with Crippen molar-refractivity contribution in [3.63, 3.8) is 0 Å². The van der Waals surface area contributed by atoms with Crippen molar-refractivity contribution in [3.8, 4) is 0 Å². The van der Waals surface area contributed by atoms with Gasteiger partial charge in [0.15, 0.2) is 9.84 Å². The molecule has 92 valence electrons. The van der Waals surface area contributed by atoms with Gasteiger partial charge in [-0.3, -0.25) is 4.79 Å². The fourth-order valence-corrected chi connectivity index (χ4v) is 4.72. The van der Waals surface area contributed by atoms with Crippen molar-refractivity contribution in [2.75, 3.05) is 5.75 Å². The molecule has 0 aromatic heterocycles. The number of sulfone groups is 1. The number of rotatable bonds is 1. The van der Waals surface area contributed by atoms with E-state index in [9.17, 15) is 13.2 Å². The van der Waals surface area contributed by atoms with E-state index in [1.165, 1.54) is 6.07 Å². The molecule has 0 N–H and O–H groups in total. The summed E-state index contributed by atoms with van der Waals surface area (Å²) in [5.41, 5.74) is 0.792. The normalized spacial score (nSPS) is 20.6. The lowest BCUT2D eigenvalue weighted by molar-refractivity contribution is 0.112. The Hall–Kier alpha value is -0.870. The highest BCUT2D eigenvalue weighted by molar-refractivity contribution is 7.91. The number of carbonyl (C=O) groups is 1. The van der Waals surface area contributed by atoms with Crippen molar-refractivity contribution in [2.24, 2.45) is 0 Å². The number of benzene rings is 1. The van der Waals surface area contributed by atoms with Crippen molar-refractivity contribution in [1.29, 1.82) is 0 Å². The van der Waals surface area contributed by atoms with Crippen LogP contribution in [0.3, 0.4) is 0 Å². The molecule has 1 aliphatic rings. The first-order valence-electron chi connectivity index (χ1n) is 5.30. The molecule has 0 aliphatic carbocycles. The molecule has 0 atom stereocenters. The van der Waals surface area contributed by atoms with Crippen LogP contribution in [0, 0.1) is 0 Å². The first-order valence-corrected chi connectivity index (χ1v) is 7.33. The molecule has 3 nitrogen and oxygen atoms in total. The van der Waals surface area contributed by atoms with Gasteiger partial charge in [0.25, 0.3) is 0 Å². The molecule has 0 amide bonds. The Morgan fingerprint density at radius 3 is 2.59 bits per heavy atom. The van der Waals surface area contributed by atoms with Crippen LogP contribution in [-0.2, 0) is 15.3 Å². The lowest BCUT2D eigenvalue weighted by Gasteiger charge is -2.32. The zero-order chi connectivity index (χ0) is 12.8. The van der Waals surface area contributed by atoms with E-state index in [2.05, 4.69) is 0 Å². The average Bonchev–Trinajstić information content (AvgIpc) is 2.23. The predicted molar refractivity (Wildman–Crippen MR) is 66.5 cm³/mol. The first-order chi connectivity index (χ1) is 7.78. The van der Waals surface area contributed by atoms with Gasteiger partial charge in [-0.15, -0.1) is 0 Å². The maximum atomic E-state index is 12.0. The van der Waals surface area contributed by atoms with Gasteiger partial charge in [0.05, 0.1) is 15.7 Å². The standard InChI is InChI=1S/C12H13ClO3S/c1-12(2)3-4-17(15,16)11-9(12)5-8(7-14)6-10(11)13/h5-7H,3-4H2,1-2H3. The summed E-state index contributed by atoms with van der Waals surface area (Å²) in [6, 6.07) is 3.04. The molecule has 1 heterocycles. The Labute approximate surface area is 106 Å². The summed E-state index contributed by atoms with van der Waals surface area (Å²) in [4.78, 5) is 11.0. The van der Waals surface area contributed by atoms with Crippen LogP contribution < -0.4 is 0 Å². The number of carbonyl (C=O) groups excluding carboxylic acids is 1. The molecule has 0 bridgehead atoms. The highest BCUT2D eigenvalue weighted by Gasteiger charge is 2.37. The second-order valence-electron chi connectivity index (χ2n) is 4.95. The number of fused-ring (bicyclic) bond motifs is 1. The quantitative estimate of drug-likeness (QED) is 0.739. The Bertz CT molecular complexity index is 588. The van der Waals surface area contributed by atoms with Gasteiger partial charge in [0.1, 0.15) is 6.29 Å². The molecular weight excluding hydrogens is 260 g/mol. The van der Waals surface area contributed by atoms with Gasteiger partial charge >= 0.3 is 0 Å². The van der Waals surface area contributed by atoms with Gasteiger partial charge in [0, 0.05) is 5.56 Å². The molecule has 0 unspecified atom stereocenters. The summed E-state index contributed by atoms with van der Waals surface area (Å²) in [5, 5.41) is 0.150. The number of halogens is 1. The molecule has 1 aromatic rings. The summed E-state index contributed by atoms with van der Waals surface area (Å²) in [5.74, 6) is 0.104. The van der Waals surface area contributed by atoms with Crippen LogP contribution in [0.15, 0.2) is 17.0 Å². The largest absolute Gasteiger partial charge is 0.298 e. The Morgan fingerprint density at radius 1 is 1.35 bits per heavy atom. The van der Waals surface area contributed by atoms with E-state index in [1.54, 1.807) is 6.07 Å². The third-order valence-electron chi connectivity index (χ3n) is 3.24. The highest BCUT2D eigenvalue weighted by atomic mass is 35.5. The molecule has 0 saturated carbocycles. The summed E-state index contributed by atoms with van der Waals surface area (Å²) >= 11 is 6.00. The van der Waals surface area contributed by atoms with Gasteiger partial charge < -0.3 is 0 Å². The van der Waals surface area contributed by atoms with Gasteiger partial charge in [-0.1, -0.05) is 25.4 Å². The van der Waals surface area contributed by atoms with E-state index < -0.39 is 9.84 Å². The van der Waals surface area contributed by atoms with Crippen LogP contribution in [0.5, 0.6) is 0 Å². The molecule has 0 spiro atoms. The molecular formula is C12H13ClO3S. The SMILES string of the molecule is CC1(C)CCS(=O)(=O)c2c(Cl)cc(C=O)cc21. The highest BCUT2D eigenvalue weighted by Crippen LogP contribution is 2.41.